The molecule has 24 heavy (non-hydrogen) atoms. The van der Waals surface area contributed by atoms with Crippen LogP contribution < -0.4 is 10.9 Å². The molecule has 2 aromatic rings. The van der Waals surface area contributed by atoms with Crippen LogP contribution in [0.25, 0.3) is 0 Å². The lowest BCUT2D eigenvalue weighted by molar-refractivity contribution is -0.116. The standard InChI is InChI=1S/C17H18FN3O2S/c1-9-4-5-12(6-14(9)18)20-15(22)7-13-8-24-17-19-11(3)10(2)16(23)21(13)17/h4-6,13H,7-8H2,1-3H3,(H,20,22). The zero-order chi connectivity index (χ0) is 17.4. The first kappa shape index (κ1) is 16.7. The average molecular weight is 347 g/mol. The number of amides is 1. The van der Waals surface area contributed by atoms with Crippen molar-refractivity contribution in [3.63, 3.8) is 0 Å². The van der Waals surface area contributed by atoms with E-state index in [1.807, 2.05) is 6.92 Å². The van der Waals surface area contributed by atoms with Crippen molar-refractivity contribution in [2.75, 3.05) is 11.1 Å². The molecule has 1 unspecified atom stereocenters. The van der Waals surface area contributed by atoms with E-state index in [9.17, 15) is 14.0 Å². The summed E-state index contributed by atoms with van der Waals surface area (Å²) in [7, 11) is 0. The molecular formula is C17H18FN3O2S. The van der Waals surface area contributed by atoms with E-state index in [1.54, 1.807) is 30.5 Å². The fraction of sp³-hybridized carbons (Fsp3) is 0.353. The molecule has 1 atom stereocenters. The highest BCUT2D eigenvalue weighted by atomic mass is 32.2. The van der Waals surface area contributed by atoms with Gasteiger partial charge in [0.1, 0.15) is 5.82 Å². The quantitative estimate of drug-likeness (QED) is 0.867. The van der Waals surface area contributed by atoms with E-state index in [0.29, 0.717) is 27.7 Å². The van der Waals surface area contributed by atoms with Crippen LogP contribution in [0.4, 0.5) is 10.1 Å². The van der Waals surface area contributed by atoms with E-state index in [4.69, 9.17) is 0 Å². The highest BCUT2D eigenvalue weighted by Crippen LogP contribution is 2.32. The van der Waals surface area contributed by atoms with Gasteiger partial charge in [0.05, 0.1) is 6.04 Å². The highest BCUT2D eigenvalue weighted by Gasteiger charge is 2.28. The van der Waals surface area contributed by atoms with E-state index < -0.39 is 0 Å². The molecule has 1 aliphatic heterocycles. The summed E-state index contributed by atoms with van der Waals surface area (Å²) in [5.74, 6) is 0.0174. The molecule has 126 valence electrons. The van der Waals surface area contributed by atoms with Gasteiger partial charge in [-0.1, -0.05) is 17.8 Å². The number of halogens is 1. The van der Waals surface area contributed by atoms with E-state index in [0.717, 1.165) is 5.69 Å². The number of nitrogens with zero attached hydrogens (tertiary/aromatic N) is 2. The van der Waals surface area contributed by atoms with Gasteiger partial charge in [-0.3, -0.25) is 14.2 Å². The van der Waals surface area contributed by atoms with Gasteiger partial charge in [-0.25, -0.2) is 9.37 Å². The molecular weight excluding hydrogens is 329 g/mol. The first-order chi connectivity index (χ1) is 11.4. The number of hydrogen-bond acceptors (Lipinski definition) is 4. The summed E-state index contributed by atoms with van der Waals surface area (Å²) in [6.45, 7) is 5.22. The molecule has 1 aliphatic rings. The van der Waals surface area contributed by atoms with E-state index >= 15 is 0 Å². The molecule has 0 fully saturated rings. The fourth-order valence-electron chi connectivity index (χ4n) is 2.62. The number of anilines is 1. The summed E-state index contributed by atoms with van der Waals surface area (Å²) in [6.07, 6.45) is 0.152. The second-order valence-corrected chi connectivity index (χ2v) is 6.95. The Morgan fingerprint density at radius 3 is 2.88 bits per heavy atom. The third-order valence-corrected chi connectivity index (χ3v) is 5.30. The molecule has 7 heteroatoms. The summed E-state index contributed by atoms with van der Waals surface area (Å²) >= 11 is 1.48. The topological polar surface area (TPSA) is 64.0 Å². The number of fused-ring (bicyclic) bond motifs is 1. The number of thioether (sulfide) groups is 1. The van der Waals surface area contributed by atoms with Crippen molar-refractivity contribution in [3.8, 4) is 0 Å². The third kappa shape index (κ3) is 3.08. The van der Waals surface area contributed by atoms with Crippen LogP contribution >= 0.6 is 11.8 Å². The van der Waals surface area contributed by atoms with Gasteiger partial charge in [-0.2, -0.15) is 0 Å². The van der Waals surface area contributed by atoms with Crippen molar-refractivity contribution < 1.29 is 9.18 Å². The van der Waals surface area contributed by atoms with E-state index in [-0.39, 0.29) is 29.7 Å². The van der Waals surface area contributed by atoms with Gasteiger partial charge in [-0.05, 0) is 38.5 Å². The monoisotopic (exact) mass is 347 g/mol. The van der Waals surface area contributed by atoms with Crippen molar-refractivity contribution in [2.24, 2.45) is 0 Å². The molecule has 0 saturated carbocycles. The summed E-state index contributed by atoms with van der Waals surface area (Å²) in [5, 5.41) is 3.34. The van der Waals surface area contributed by atoms with Crippen molar-refractivity contribution in [3.05, 3.63) is 51.2 Å². The van der Waals surface area contributed by atoms with Gasteiger partial charge in [0, 0.05) is 29.1 Å². The minimum absolute atomic E-state index is 0.0957. The second-order valence-electron chi connectivity index (χ2n) is 5.96. The maximum atomic E-state index is 13.6. The number of rotatable bonds is 3. The van der Waals surface area contributed by atoms with E-state index in [1.165, 1.54) is 17.8 Å². The molecule has 5 nitrogen and oxygen atoms in total. The summed E-state index contributed by atoms with van der Waals surface area (Å²) < 4.78 is 15.2. The summed E-state index contributed by atoms with van der Waals surface area (Å²) in [4.78, 5) is 29.1. The first-order valence-electron chi connectivity index (χ1n) is 7.65. The van der Waals surface area contributed by atoms with Gasteiger partial charge in [-0.15, -0.1) is 0 Å². The number of hydrogen-bond donors (Lipinski definition) is 1. The van der Waals surface area contributed by atoms with Crippen LogP contribution in [0.2, 0.25) is 0 Å². The number of aromatic nitrogens is 2. The zero-order valence-electron chi connectivity index (χ0n) is 13.7. The van der Waals surface area contributed by atoms with Crippen molar-refractivity contribution >= 4 is 23.4 Å². The molecule has 0 bridgehead atoms. The number of carbonyl (C=O) groups is 1. The van der Waals surface area contributed by atoms with Crippen molar-refractivity contribution in [1.82, 2.24) is 9.55 Å². The number of benzene rings is 1. The lowest BCUT2D eigenvalue weighted by Gasteiger charge is -2.14. The Morgan fingerprint density at radius 1 is 1.42 bits per heavy atom. The van der Waals surface area contributed by atoms with Gasteiger partial charge in [0.25, 0.3) is 5.56 Å². The molecule has 2 heterocycles. The number of aryl methyl sites for hydroxylation is 2. The lowest BCUT2D eigenvalue weighted by Crippen LogP contribution is -2.29. The molecule has 1 aromatic carbocycles. The molecule has 0 aliphatic carbocycles. The maximum absolute atomic E-state index is 13.6. The SMILES string of the molecule is Cc1ccc(NC(=O)CC2CSc3nc(C)c(C)c(=O)n32)cc1F. The van der Waals surface area contributed by atoms with Crippen LogP contribution in [0.15, 0.2) is 28.2 Å². The smallest absolute Gasteiger partial charge is 0.257 e. The van der Waals surface area contributed by atoms with Gasteiger partial charge >= 0.3 is 0 Å². The molecule has 0 spiro atoms. The maximum Gasteiger partial charge on any atom is 0.257 e. The van der Waals surface area contributed by atoms with E-state index in [2.05, 4.69) is 10.3 Å². The van der Waals surface area contributed by atoms with Crippen molar-refractivity contribution in [2.45, 2.75) is 38.4 Å². The largest absolute Gasteiger partial charge is 0.326 e. The number of nitrogens with one attached hydrogen (secondary N) is 1. The Balaban J connectivity index is 1.77. The van der Waals surface area contributed by atoms with Crippen LogP contribution in [0.1, 0.15) is 29.3 Å². The minimum Gasteiger partial charge on any atom is -0.326 e. The van der Waals surface area contributed by atoms with Crippen molar-refractivity contribution in [1.29, 1.82) is 0 Å². The second kappa shape index (κ2) is 6.39. The summed E-state index contributed by atoms with van der Waals surface area (Å²) in [5.41, 5.74) is 2.17. The first-order valence-corrected chi connectivity index (χ1v) is 8.64. The molecule has 1 aromatic heterocycles. The predicted octanol–water partition coefficient (Wildman–Crippen LogP) is 2.98. The lowest BCUT2D eigenvalue weighted by atomic mass is 10.2. The minimum atomic E-state index is -0.360. The Hall–Kier alpha value is -2.15. The third-order valence-electron chi connectivity index (χ3n) is 4.20. The molecule has 1 amide bonds. The fourth-order valence-corrected chi connectivity index (χ4v) is 3.80. The Labute approximate surface area is 143 Å². The molecule has 0 saturated heterocycles. The van der Waals surface area contributed by atoms with Crippen LogP contribution in [-0.4, -0.2) is 21.2 Å². The Morgan fingerprint density at radius 2 is 2.17 bits per heavy atom. The van der Waals surface area contributed by atoms with Gasteiger partial charge < -0.3 is 5.32 Å². The molecule has 1 N–H and O–H groups in total. The normalized spacial score (nSPS) is 16.1. The molecule has 3 rings (SSSR count). The van der Waals surface area contributed by atoms with Crippen LogP contribution in [0, 0.1) is 26.6 Å². The molecule has 0 radical (unpaired) electrons. The zero-order valence-corrected chi connectivity index (χ0v) is 14.5. The Bertz CT molecular complexity index is 879. The average Bonchev–Trinajstić information content (AvgIpc) is 2.91. The highest BCUT2D eigenvalue weighted by molar-refractivity contribution is 7.99. The van der Waals surface area contributed by atoms with Gasteiger partial charge in [0.15, 0.2) is 5.16 Å². The van der Waals surface area contributed by atoms with Crippen LogP contribution in [-0.2, 0) is 4.79 Å². The predicted molar refractivity (Wildman–Crippen MR) is 92.1 cm³/mol. The Kier molecular flexibility index (Phi) is 4.45. The van der Waals surface area contributed by atoms with Crippen LogP contribution in [0.5, 0.6) is 0 Å². The van der Waals surface area contributed by atoms with Crippen LogP contribution in [0.3, 0.4) is 0 Å². The number of carbonyl (C=O) groups excluding carboxylic acids is 1. The summed E-state index contributed by atoms with van der Waals surface area (Å²) in [6, 6.07) is 4.34. The van der Waals surface area contributed by atoms with Gasteiger partial charge in [0.2, 0.25) is 5.91 Å².